The summed E-state index contributed by atoms with van der Waals surface area (Å²) in [5, 5.41) is 19.7. The summed E-state index contributed by atoms with van der Waals surface area (Å²) in [6, 6.07) is 11.8. The van der Waals surface area contributed by atoms with Gasteiger partial charge in [0.25, 0.3) is 21.9 Å². The number of β-amino-alcohol motifs (C(OH)–C–C–N with tert-alkyl or cyclic N) is 1. The molecule has 10 nitrogen and oxygen atoms in total. The van der Waals surface area contributed by atoms with Gasteiger partial charge in [0.2, 0.25) is 0 Å². The largest absolute Gasteiger partial charge is 0.395 e. The number of aliphatic hydroxyl groups is 1. The topological polar surface area (TPSA) is 149 Å². The lowest BCUT2D eigenvalue weighted by molar-refractivity contribution is -0.137. The SMILES string of the molecule is O=C1C=C(Nc2ccc(N=Nc3ccc(S(=O)(=O)O)cc3)cc2)C(=O)N1CCO. The molecule has 150 valence electrons. The molecule has 0 unspecified atom stereocenters. The van der Waals surface area contributed by atoms with Crippen LogP contribution in [-0.4, -0.2) is 47.9 Å². The molecule has 0 radical (unpaired) electrons. The van der Waals surface area contributed by atoms with Crippen molar-refractivity contribution in [1.82, 2.24) is 4.90 Å². The van der Waals surface area contributed by atoms with Crippen LogP contribution in [0.15, 0.2) is 75.4 Å². The van der Waals surface area contributed by atoms with Gasteiger partial charge in [-0.3, -0.25) is 19.0 Å². The highest BCUT2D eigenvalue weighted by atomic mass is 32.2. The third kappa shape index (κ3) is 4.90. The van der Waals surface area contributed by atoms with E-state index >= 15 is 0 Å². The number of amides is 2. The van der Waals surface area contributed by atoms with E-state index in [4.69, 9.17) is 9.66 Å². The molecule has 2 aromatic carbocycles. The lowest BCUT2D eigenvalue weighted by Crippen LogP contribution is -2.34. The van der Waals surface area contributed by atoms with Gasteiger partial charge in [-0.15, -0.1) is 0 Å². The van der Waals surface area contributed by atoms with Crippen molar-refractivity contribution in [3.05, 3.63) is 60.3 Å². The number of nitrogens with zero attached hydrogens (tertiary/aromatic N) is 3. The summed E-state index contributed by atoms with van der Waals surface area (Å²) >= 11 is 0. The highest BCUT2D eigenvalue weighted by Gasteiger charge is 2.30. The lowest BCUT2D eigenvalue weighted by atomic mass is 10.2. The van der Waals surface area contributed by atoms with Crippen molar-refractivity contribution in [3.8, 4) is 0 Å². The average molecular weight is 416 g/mol. The minimum atomic E-state index is -4.26. The summed E-state index contributed by atoms with van der Waals surface area (Å²) in [4.78, 5) is 24.5. The standard InChI is InChI=1S/C18H16N4O6S/c23-10-9-22-17(24)11-16(18(22)25)19-12-1-3-13(4-2-12)20-21-14-5-7-15(8-6-14)29(26,27)28/h1-8,11,19,23H,9-10H2,(H,26,27,28). The number of nitrogens with one attached hydrogen (secondary N) is 1. The zero-order valence-corrected chi connectivity index (χ0v) is 15.7. The van der Waals surface area contributed by atoms with Crippen LogP contribution in [0.5, 0.6) is 0 Å². The summed E-state index contributed by atoms with van der Waals surface area (Å²) in [6.45, 7) is -0.374. The van der Waals surface area contributed by atoms with Gasteiger partial charge in [-0.25, -0.2) is 0 Å². The van der Waals surface area contributed by atoms with E-state index in [0.717, 1.165) is 4.90 Å². The van der Waals surface area contributed by atoms with Crippen molar-refractivity contribution in [1.29, 1.82) is 0 Å². The maximum atomic E-state index is 12.1. The molecule has 0 aromatic heterocycles. The third-order valence-electron chi connectivity index (χ3n) is 3.89. The van der Waals surface area contributed by atoms with E-state index in [1.165, 1.54) is 30.3 Å². The molecule has 1 heterocycles. The molecule has 1 aliphatic rings. The smallest absolute Gasteiger partial charge is 0.294 e. The van der Waals surface area contributed by atoms with Crippen LogP contribution in [0.1, 0.15) is 0 Å². The number of hydrogen-bond donors (Lipinski definition) is 3. The quantitative estimate of drug-likeness (QED) is 0.355. The number of carbonyl (C=O) groups excluding carboxylic acids is 2. The van der Waals surface area contributed by atoms with Crippen LogP contribution in [-0.2, 0) is 19.7 Å². The molecule has 0 aliphatic carbocycles. The second kappa shape index (κ2) is 8.31. The molecule has 0 bridgehead atoms. The number of rotatable bonds is 7. The van der Waals surface area contributed by atoms with E-state index in [2.05, 4.69) is 15.5 Å². The lowest BCUT2D eigenvalue weighted by Gasteiger charge is -2.13. The summed E-state index contributed by atoms with van der Waals surface area (Å²) < 4.78 is 31.0. The van der Waals surface area contributed by atoms with Crippen molar-refractivity contribution >= 4 is 39.0 Å². The molecule has 0 saturated heterocycles. The van der Waals surface area contributed by atoms with Crippen LogP contribution >= 0.6 is 0 Å². The summed E-state index contributed by atoms with van der Waals surface area (Å²) in [6.07, 6.45) is 1.17. The van der Waals surface area contributed by atoms with Crippen molar-refractivity contribution in [2.24, 2.45) is 10.2 Å². The van der Waals surface area contributed by atoms with E-state index in [-0.39, 0.29) is 23.7 Å². The van der Waals surface area contributed by atoms with Crippen LogP contribution in [0.3, 0.4) is 0 Å². The molecule has 29 heavy (non-hydrogen) atoms. The van der Waals surface area contributed by atoms with Gasteiger partial charge < -0.3 is 10.4 Å². The van der Waals surface area contributed by atoms with Gasteiger partial charge in [0.15, 0.2) is 0 Å². The number of anilines is 1. The Morgan fingerprint density at radius 3 is 2.00 bits per heavy atom. The molecule has 11 heteroatoms. The second-order valence-corrected chi connectivity index (χ2v) is 7.34. The van der Waals surface area contributed by atoms with E-state index in [1.54, 1.807) is 24.3 Å². The normalized spacial score (nSPS) is 14.6. The van der Waals surface area contributed by atoms with E-state index in [1.807, 2.05) is 0 Å². The fraction of sp³-hybridized carbons (Fsp3) is 0.111. The molecule has 1 aliphatic heterocycles. The number of aliphatic hydroxyl groups excluding tert-OH is 1. The van der Waals surface area contributed by atoms with Crippen LogP contribution in [0, 0.1) is 0 Å². The second-order valence-electron chi connectivity index (χ2n) is 5.92. The maximum absolute atomic E-state index is 12.1. The van der Waals surface area contributed by atoms with Gasteiger partial charge in [0.1, 0.15) is 5.70 Å². The molecule has 0 atom stereocenters. The Kier molecular flexibility index (Phi) is 5.82. The van der Waals surface area contributed by atoms with E-state index in [9.17, 15) is 18.0 Å². The maximum Gasteiger partial charge on any atom is 0.294 e. The van der Waals surface area contributed by atoms with Crippen molar-refractivity contribution in [2.45, 2.75) is 4.90 Å². The molecule has 2 amide bonds. The number of hydrogen-bond acceptors (Lipinski definition) is 8. The molecule has 3 rings (SSSR count). The minimum absolute atomic E-state index is 0.0656. The van der Waals surface area contributed by atoms with Gasteiger partial charge in [-0.1, -0.05) is 0 Å². The molecular weight excluding hydrogens is 400 g/mol. The minimum Gasteiger partial charge on any atom is -0.395 e. The van der Waals surface area contributed by atoms with Crippen LogP contribution in [0.4, 0.5) is 17.1 Å². The summed E-state index contributed by atoms with van der Waals surface area (Å²) in [5.74, 6) is -1.00. The van der Waals surface area contributed by atoms with Crippen LogP contribution < -0.4 is 5.32 Å². The zero-order chi connectivity index (χ0) is 21.0. The highest BCUT2D eigenvalue weighted by molar-refractivity contribution is 7.85. The number of azo groups is 1. The predicted molar refractivity (Wildman–Crippen MR) is 102 cm³/mol. The Labute approximate surface area is 165 Å². The molecule has 0 spiro atoms. The first-order chi connectivity index (χ1) is 13.8. The highest BCUT2D eigenvalue weighted by Crippen LogP contribution is 2.23. The van der Waals surface area contributed by atoms with E-state index < -0.39 is 21.9 Å². The van der Waals surface area contributed by atoms with Crippen LogP contribution in [0.25, 0.3) is 0 Å². The third-order valence-corrected chi connectivity index (χ3v) is 4.76. The number of imide groups is 1. The first kappa shape index (κ1) is 20.3. The summed E-state index contributed by atoms with van der Waals surface area (Å²) in [5.41, 5.74) is 1.55. The first-order valence-electron chi connectivity index (χ1n) is 8.33. The number of carbonyl (C=O) groups is 2. The molecular formula is C18H16N4O6S. The monoisotopic (exact) mass is 416 g/mol. The Bertz CT molecular complexity index is 1090. The Hall–Kier alpha value is -3.41. The average Bonchev–Trinajstić information content (AvgIpc) is 2.95. The van der Waals surface area contributed by atoms with Gasteiger partial charge >= 0.3 is 0 Å². The Morgan fingerprint density at radius 1 is 0.931 bits per heavy atom. The molecule has 0 fully saturated rings. The van der Waals surface area contributed by atoms with Crippen molar-refractivity contribution in [2.75, 3.05) is 18.5 Å². The molecule has 3 N–H and O–H groups in total. The van der Waals surface area contributed by atoms with Crippen molar-refractivity contribution in [3.63, 3.8) is 0 Å². The van der Waals surface area contributed by atoms with E-state index in [0.29, 0.717) is 17.1 Å². The Balaban J connectivity index is 1.65. The predicted octanol–water partition coefficient (Wildman–Crippen LogP) is 2.01. The first-order valence-corrected chi connectivity index (χ1v) is 9.77. The molecule has 2 aromatic rings. The molecule has 0 saturated carbocycles. The number of benzene rings is 2. The van der Waals surface area contributed by atoms with Gasteiger partial charge in [0.05, 0.1) is 29.4 Å². The van der Waals surface area contributed by atoms with Crippen LogP contribution in [0.2, 0.25) is 0 Å². The van der Waals surface area contributed by atoms with Gasteiger partial charge in [-0.05, 0) is 48.5 Å². The van der Waals surface area contributed by atoms with Crippen molar-refractivity contribution < 1.29 is 27.7 Å². The fourth-order valence-corrected chi connectivity index (χ4v) is 2.96. The Morgan fingerprint density at radius 2 is 1.48 bits per heavy atom. The summed E-state index contributed by atoms with van der Waals surface area (Å²) in [7, 11) is -4.26. The fourth-order valence-electron chi connectivity index (χ4n) is 2.48. The van der Waals surface area contributed by atoms with Gasteiger partial charge in [0, 0.05) is 11.8 Å². The van der Waals surface area contributed by atoms with Gasteiger partial charge in [-0.2, -0.15) is 18.6 Å². The zero-order valence-electron chi connectivity index (χ0n) is 14.9.